The number of aliphatic carboxylic acids is 1. The van der Waals surface area contributed by atoms with Gasteiger partial charge in [0.05, 0.1) is 6.54 Å². The summed E-state index contributed by atoms with van der Waals surface area (Å²) in [5.41, 5.74) is 1.97. The monoisotopic (exact) mass is 338 g/mol. The molecule has 0 unspecified atom stereocenters. The summed E-state index contributed by atoms with van der Waals surface area (Å²) in [5, 5.41) is 10.2. The number of rotatable bonds is 4. The number of aromatic nitrogens is 1. The van der Waals surface area contributed by atoms with E-state index in [1.807, 2.05) is 44.0 Å². The molecule has 108 valence electrons. The van der Waals surface area contributed by atoms with Crippen LogP contribution in [-0.4, -0.2) is 33.0 Å². The number of fused-ring (bicyclic) bond motifs is 1. The van der Waals surface area contributed by atoms with Gasteiger partial charge in [-0.15, -0.1) is 0 Å². The second kappa shape index (κ2) is 5.58. The number of halogens is 1. The number of nitrogens with one attached hydrogen (secondary N) is 1. The first-order valence-electron chi connectivity index (χ1n) is 6.50. The Bertz CT molecular complexity index is 628. The number of hydrogen-bond acceptors (Lipinski definition) is 2. The molecule has 0 saturated heterocycles. The highest BCUT2D eigenvalue weighted by Gasteiger charge is 2.24. The van der Waals surface area contributed by atoms with E-state index in [-0.39, 0.29) is 12.1 Å². The normalized spacial score (nSPS) is 12.2. The second-order valence-corrected chi connectivity index (χ2v) is 6.84. The molecule has 5 heteroatoms. The lowest BCUT2D eigenvalue weighted by molar-refractivity contribution is -0.139. The van der Waals surface area contributed by atoms with E-state index in [2.05, 4.69) is 27.0 Å². The Hall–Kier alpha value is -1.33. The van der Waals surface area contributed by atoms with Crippen LogP contribution in [-0.2, 0) is 11.3 Å². The number of H-pyrrole nitrogens is 1. The third kappa shape index (κ3) is 3.41. The fourth-order valence-corrected chi connectivity index (χ4v) is 2.54. The molecule has 20 heavy (non-hydrogen) atoms. The van der Waals surface area contributed by atoms with Crippen LogP contribution in [0.2, 0.25) is 0 Å². The van der Waals surface area contributed by atoms with Gasteiger partial charge in [0.1, 0.15) is 0 Å². The predicted molar refractivity (Wildman–Crippen MR) is 83.8 cm³/mol. The number of nitrogens with zero attached hydrogens (tertiary/aromatic N) is 1. The minimum absolute atomic E-state index is 0.0319. The minimum Gasteiger partial charge on any atom is -0.480 e. The fraction of sp³-hybridized carbons (Fsp3) is 0.400. The van der Waals surface area contributed by atoms with Crippen LogP contribution in [0.4, 0.5) is 0 Å². The van der Waals surface area contributed by atoms with Crippen LogP contribution in [0.15, 0.2) is 28.9 Å². The highest BCUT2D eigenvalue weighted by atomic mass is 79.9. The summed E-state index contributed by atoms with van der Waals surface area (Å²) in [4.78, 5) is 16.2. The number of benzene rings is 1. The first kappa shape index (κ1) is 15.1. The van der Waals surface area contributed by atoms with Gasteiger partial charge < -0.3 is 10.1 Å². The lowest BCUT2D eigenvalue weighted by Gasteiger charge is -2.34. The van der Waals surface area contributed by atoms with Gasteiger partial charge in [-0.25, -0.2) is 0 Å². The van der Waals surface area contributed by atoms with Crippen LogP contribution >= 0.6 is 15.9 Å². The summed E-state index contributed by atoms with van der Waals surface area (Å²) in [6.07, 6.45) is 1.96. The van der Waals surface area contributed by atoms with Crippen LogP contribution < -0.4 is 0 Å². The van der Waals surface area contributed by atoms with Crippen LogP contribution in [0.5, 0.6) is 0 Å². The lowest BCUT2D eigenvalue weighted by atomic mass is 10.0. The number of carboxylic acids is 1. The molecular formula is C15H19BrN2O2. The highest BCUT2D eigenvalue weighted by Crippen LogP contribution is 2.25. The standard InChI is InChI=1S/C15H19BrN2O2/c1-15(2,3)18(9-14(19)20)8-10-7-17-13-5-4-11(16)6-12(10)13/h4-7,17H,8-9H2,1-3H3,(H,19,20). The van der Waals surface area contributed by atoms with Crippen molar-refractivity contribution in [1.82, 2.24) is 9.88 Å². The fourth-order valence-electron chi connectivity index (χ4n) is 2.18. The van der Waals surface area contributed by atoms with Crippen molar-refractivity contribution in [3.63, 3.8) is 0 Å². The maximum Gasteiger partial charge on any atom is 0.317 e. The molecular weight excluding hydrogens is 320 g/mol. The predicted octanol–water partition coefficient (Wildman–Crippen LogP) is 3.62. The zero-order valence-corrected chi connectivity index (χ0v) is 13.5. The number of hydrogen-bond donors (Lipinski definition) is 2. The maximum absolute atomic E-state index is 11.0. The average Bonchev–Trinajstić information content (AvgIpc) is 2.69. The van der Waals surface area contributed by atoms with E-state index in [0.29, 0.717) is 6.54 Å². The molecule has 0 aliphatic carbocycles. The van der Waals surface area contributed by atoms with E-state index < -0.39 is 5.97 Å². The van der Waals surface area contributed by atoms with Crippen molar-refractivity contribution in [2.24, 2.45) is 0 Å². The van der Waals surface area contributed by atoms with Gasteiger partial charge in [0, 0.05) is 33.7 Å². The summed E-state index contributed by atoms with van der Waals surface area (Å²) in [5.74, 6) is -0.805. The Balaban J connectivity index is 2.33. The largest absolute Gasteiger partial charge is 0.480 e. The van der Waals surface area contributed by atoms with Crippen LogP contribution in [0.25, 0.3) is 10.9 Å². The van der Waals surface area contributed by atoms with Crippen molar-refractivity contribution >= 4 is 32.8 Å². The lowest BCUT2D eigenvalue weighted by Crippen LogP contribution is -2.43. The molecule has 4 nitrogen and oxygen atoms in total. The van der Waals surface area contributed by atoms with E-state index in [4.69, 9.17) is 5.11 Å². The van der Waals surface area contributed by atoms with E-state index in [1.165, 1.54) is 0 Å². The first-order chi connectivity index (χ1) is 9.27. The van der Waals surface area contributed by atoms with Gasteiger partial charge in [0.25, 0.3) is 0 Å². The smallest absolute Gasteiger partial charge is 0.317 e. The molecule has 0 aliphatic rings. The molecule has 1 aromatic heterocycles. The molecule has 2 N–H and O–H groups in total. The number of carbonyl (C=O) groups is 1. The molecule has 1 aromatic carbocycles. The Labute approximate surface area is 126 Å². The Morgan fingerprint density at radius 2 is 2.10 bits per heavy atom. The summed E-state index contributed by atoms with van der Waals surface area (Å²) >= 11 is 3.48. The molecule has 1 heterocycles. The molecule has 2 rings (SSSR count). The maximum atomic E-state index is 11.0. The topological polar surface area (TPSA) is 56.3 Å². The van der Waals surface area contributed by atoms with Gasteiger partial charge in [-0.3, -0.25) is 9.69 Å². The van der Waals surface area contributed by atoms with Crippen molar-refractivity contribution in [3.05, 3.63) is 34.4 Å². The minimum atomic E-state index is -0.805. The molecule has 0 saturated carbocycles. The molecule has 0 spiro atoms. The number of carboxylic acid groups (broad SMARTS) is 1. The highest BCUT2D eigenvalue weighted by molar-refractivity contribution is 9.10. The molecule has 2 aromatic rings. The van der Waals surface area contributed by atoms with E-state index in [1.54, 1.807) is 0 Å². The van der Waals surface area contributed by atoms with Crippen molar-refractivity contribution in [2.75, 3.05) is 6.54 Å². The van der Waals surface area contributed by atoms with E-state index in [9.17, 15) is 4.79 Å². The molecule has 0 radical (unpaired) electrons. The average molecular weight is 339 g/mol. The molecule has 0 bridgehead atoms. The number of aromatic amines is 1. The summed E-state index contributed by atoms with van der Waals surface area (Å²) in [6.45, 7) is 6.72. The van der Waals surface area contributed by atoms with Crippen molar-refractivity contribution < 1.29 is 9.90 Å². The van der Waals surface area contributed by atoms with Gasteiger partial charge in [-0.05, 0) is 44.5 Å². The zero-order chi connectivity index (χ0) is 14.9. The van der Waals surface area contributed by atoms with Crippen molar-refractivity contribution in [2.45, 2.75) is 32.9 Å². The Morgan fingerprint density at radius 3 is 2.70 bits per heavy atom. The zero-order valence-electron chi connectivity index (χ0n) is 11.9. The quantitative estimate of drug-likeness (QED) is 0.895. The van der Waals surface area contributed by atoms with Crippen LogP contribution in [0.1, 0.15) is 26.3 Å². The SMILES string of the molecule is CC(C)(C)N(CC(=O)O)Cc1c[nH]c2ccc(Br)cc12. The third-order valence-corrected chi connectivity index (χ3v) is 3.86. The van der Waals surface area contributed by atoms with Gasteiger partial charge in [-0.1, -0.05) is 15.9 Å². The van der Waals surface area contributed by atoms with Gasteiger partial charge in [0.15, 0.2) is 0 Å². The molecule has 0 atom stereocenters. The second-order valence-electron chi connectivity index (χ2n) is 5.92. The van der Waals surface area contributed by atoms with Crippen LogP contribution in [0, 0.1) is 0 Å². The molecule has 0 fully saturated rings. The Kier molecular flexibility index (Phi) is 4.20. The van der Waals surface area contributed by atoms with Gasteiger partial charge in [0.2, 0.25) is 0 Å². The van der Waals surface area contributed by atoms with E-state index >= 15 is 0 Å². The molecule has 0 amide bonds. The van der Waals surface area contributed by atoms with Crippen molar-refractivity contribution in [3.8, 4) is 0 Å². The summed E-state index contributed by atoms with van der Waals surface area (Å²) in [6, 6.07) is 6.06. The molecule has 0 aliphatic heterocycles. The van der Waals surface area contributed by atoms with Gasteiger partial charge in [-0.2, -0.15) is 0 Å². The summed E-state index contributed by atoms with van der Waals surface area (Å²) in [7, 11) is 0. The van der Waals surface area contributed by atoms with Crippen molar-refractivity contribution in [1.29, 1.82) is 0 Å². The van der Waals surface area contributed by atoms with E-state index in [0.717, 1.165) is 20.9 Å². The first-order valence-corrected chi connectivity index (χ1v) is 7.29. The third-order valence-electron chi connectivity index (χ3n) is 3.37. The van der Waals surface area contributed by atoms with Crippen LogP contribution in [0.3, 0.4) is 0 Å². The van der Waals surface area contributed by atoms with Gasteiger partial charge >= 0.3 is 5.97 Å². The Morgan fingerprint density at radius 1 is 1.40 bits per heavy atom. The summed E-state index contributed by atoms with van der Waals surface area (Å²) < 4.78 is 1.02.